The van der Waals surface area contributed by atoms with Crippen LogP contribution in [0, 0.1) is 0 Å². The van der Waals surface area contributed by atoms with Crippen molar-refractivity contribution in [2.24, 2.45) is 0 Å². The second-order valence-electron chi connectivity index (χ2n) is 5.90. The molecular formula is C17H23N5OS. The van der Waals surface area contributed by atoms with Crippen LogP contribution < -0.4 is 5.32 Å². The van der Waals surface area contributed by atoms with Crippen LogP contribution in [-0.2, 0) is 0 Å². The number of amides is 2. The van der Waals surface area contributed by atoms with Gasteiger partial charge in [0.25, 0.3) is 0 Å². The zero-order valence-corrected chi connectivity index (χ0v) is 14.5. The summed E-state index contributed by atoms with van der Waals surface area (Å²) in [5.41, 5.74) is 0. The molecule has 2 amide bonds. The molecule has 24 heavy (non-hydrogen) atoms. The van der Waals surface area contributed by atoms with Crippen molar-refractivity contribution in [3.8, 4) is 0 Å². The summed E-state index contributed by atoms with van der Waals surface area (Å²) in [4.78, 5) is 19.7. The molecule has 0 spiro atoms. The molecule has 2 N–H and O–H groups in total. The summed E-state index contributed by atoms with van der Waals surface area (Å²) < 4.78 is 0. The van der Waals surface area contributed by atoms with Crippen molar-refractivity contribution in [3.05, 3.63) is 42.5 Å². The second kappa shape index (κ2) is 8.73. The molecule has 2 heterocycles. The van der Waals surface area contributed by atoms with Gasteiger partial charge in [-0.1, -0.05) is 18.2 Å². The van der Waals surface area contributed by atoms with Crippen LogP contribution in [0.1, 0.15) is 31.0 Å². The summed E-state index contributed by atoms with van der Waals surface area (Å²) in [6.07, 6.45) is 4.54. The van der Waals surface area contributed by atoms with E-state index in [1.54, 1.807) is 0 Å². The van der Waals surface area contributed by atoms with Crippen LogP contribution in [0.4, 0.5) is 4.79 Å². The van der Waals surface area contributed by atoms with Crippen LogP contribution in [0.5, 0.6) is 0 Å². The van der Waals surface area contributed by atoms with E-state index < -0.39 is 0 Å². The summed E-state index contributed by atoms with van der Waals surface area (Å²) in [5, 5.41) is 9.86. The molecule has 1 aromatic heterocycles. The normalized spacial score (nSPS) is 17.7. The molecule has 0 bridgehead atoms. The SMILES string of the molecule is O=C(NCCCSc1ccccc1)N1CCCC(c2ncn[nH]2)C1. The lowest BCUT2D eigenvalue weighted by Crippen LogP contribution is -2.45. The van der Waals surface area contributed by atoms with Gasteiger partial charge in [0.2, 0.25) is 0 Å². The van der Waals surface area contributed by atoms with Gasteiger partial charge in [-0.05, 0) is 37.1 Å². The molecule has 128 valence electrons. The van der Waals surface area contributed by atoms with Crippen molar-refractivity contribution in [2.45, 2.75) is 30.1 Å². The molecule has 1 aliphatic heterocycles. The number of carbonyl (C=O) groups is 1. The summed E-state index contributed by atoms with van der Waals surface area (Å²) in [7, 11) is 0. The molecule has 1 aromatic carbocycles. The number of hydrogen-bond acceptors (Lipinski definition) is 4. The Morgan fingerprint density at radius 1 is 1.38 bits per heavy atom. The Hall–Kier alpha value is -2.02. The first-order chi connectivity index (χ1) is 11.8. The number of likely N-dealkylation sites (tertiary alicyclic amines) is 1. The topological polar surface area (TPSA) is 73.9 Å². The van der Waals surface area contributed by atoms with Gasteiger partial charge in [0.15, 0.2) is 0 Å². The predicted octanol–water partition coefficient (Wildman–Crippen LogP) is 2.88. The van der Waals surface area contributed by atoms with Crippen LogP contribution in [0.2, 0.25) is 0 Å². The minimum absolute atomic E-state index is 0.0314. The highest BCUT2D eigenvalue weighted by Crippen LogP contribution is 2.23. The van der Waals surface area contributed by atoms with Gasteiger partial charge in [0.1, 0.15) is 12.2 Å². The Morgan fingerprint density at radius 3 is 3.04 bits per heavy atom. The Morgan fingerprint density at radius 2 is 2.25 bits per heavy atom. The molecule has 1 atom stereocenters. The molecule has 0 radical (unpaired) electrons. The van der Waals surface area contributed by atoms with Crippen molar-refractivity contribution >= 4 is 17.8 Å². The number of nitrogens with one attached hydrogen (secondary N) is 2. The minimum Gasteiger partial charge on any atom is -0.338 e. The van der Waals surface area contributed by atoms with Gasteiger partial charge in [-0.2, -0.15) is 5.10 Å². The monoisotopic (exact) mass is 345 g/mol. The zero-order chi connectivity index (χ0) is 16.6. The maximum atomic E-state index is 12.3. The van der Waals surface area contributed by atoms with Gasteiger partial charge < -0.3 is 10.2 Å². The highest BCUT2D eigenvalue weighted by Gasteiger charge is 2.26. The van der Waals surface area contributed by atoms with Crippen LogP contribution >= 0.6 is 11.8 Å². The number of aromatic nitrogens is 3. The number of thioether (sulfide) groups is 1. The number of piperidine rings is 1. The molecule has 1 fully saturated rings. The third kappa shape index (κ3) is 4.74. The molecule has 1 aliphatic rings. The fourth-order valence-corrected chi connectivity index (χ4v) is 3.76. The molecule has 6 nitrogen and oxygen atoms in total. The third-order valence-corrected chi connectivity index (χ3v) is 5.24. The average Bonchev–Trinajstić information content (AvgIpc) is 3.17. The molecule has 3 rings (SSSR count). The molecule has 0 aliphatic carbocycles. The van der Waals surface area contributed by atoms with Crippen molar-refractivity contribution in [1.29, 1.82) is 0 Å². The summed E-state index contributed by atoms with van der Waals surface area (Å²) in [6, 6.07) is 10.4. The first-order valence-electron chi connectivity index (χ1n) is 8.39. The molecular weight excluding hydrogens is 322 g/mol. The number of nitrogens with zero attached hydrogens (tertiary/aromatic N) is 3. The van der Waals surface area contributed by atoms with Gasteiger partial charge >= 0.3 is 6.03 Å². The summed E-state index contributed by atoms with van der Waals surface area (Å²) in [5.74, 6) is 2.15. The van der Waals surface area contributed by atoms with E-state index in [2.05, 4.69) is 32.6 Å². The zero-order valence-electron chi connectivity index (χ0n) is 13.6. The van der Waals surface area contributed by atoms with Gasteiger partial charge in [0, 0.05) is 30.4 Å². The Labute approximate surface area is 146 Å². The number of H-pyrrole nitrogens is 1. The van der Waals surface area contributed by atoms with E-state index in [4.69, 9.17) is 0 Å². The van der Waals surface area contributed by atoms with E-state index in [-0.39, 0.29) is 11.9 Å². The Kier molecular flexibility index (Phi) is 6.12. The lowest BCUT2D eigenvalue weighted by Gasteiger charge is -2.31. The smallest absolute Gasteiger partial charge is 0.317 e. The van der Waals surface area contributed by atoms with Crippen molar-refractivity contribution in [3.63, 3.8) is 0 Å². The van der Waals surface area contributed by atoms with Gasteiger partial charge in [-0.15, -0.1) is 11.8 Å². The number of urea groups is 1. The molecule has 7 heteroatoms. The first kappa shape index (κ1) is 16.8. The summed E-state index contributed by atoms with van der Waals surface area (Å²) >= 11 is 1.82. The lowest BCUT2D eigenvalue weighted by atomic mass is 9.98. The van der Waals surface area contributed by atoms with E-state index >= 15 is 0 Å². The standard InChI is InChI=1S/C17H23N5OS/c23-17(18-9-5-11-24-15-7-2-1-3-8-15)22-10-4-6-14(12-22)16-19-13-20-21-16/h1-3,7-8,13-14H,4-6,9-12H2,(H,18,23)(H,19,20,21). The fraction of sp³-hybridized carbons (Fsp3) is 0.471. The largest absolute Gasteiger partial charge is 0.338 e. The quantitative estimate of drug-likeness (QED) is 0.624. The maximum Gasteiger partial charge on any atom is 0.317 e. The lowest BCUT2D eigenvalue weighted by molar-refractivity contribution is 0.178. The Bertz CT molecular complexity index is 619. The van der Waals surface area contributed by atoms with Gasteiger partial charge in [-0.3, -0.25) is 5.10 Å². The van der Waals surface area contributed by atoms with Crippen molar-refractivity contribution < 1.29 is 4.79 Å². The predicted molar refractivity (Wildman–Crippen MR) is 95.1 cm³/mol. The molecule has 1 unspecified atom stereocenters. The van der Waals surface area contributed by atoms with Crippen molar-refractivity contribution in [2.75, 3.05) is 25.4 Å². The third-order valence-electron chi connectivity index (χ3n) is 4.14. The minimum atomic E-state index is 0.0314. The number of rotatable bonds is 6. The maximum absolute atomic E-state index is 12.3. The average molecular weight is 345 g/mol. The number of hydrogen-bond donors (Lipinski definition) is 2. The highest BCUT2D eigenvalue weighted by molar-refractivity contribution is 7.99. The van der Waals surface area contributed by atoms with Crippen LogP contribution in [0.25, 0.3) is 0 Å². The van der Waals surface area contributed by atoms with Crippen LogP contribution in [0.3, 0.4) is 0 Å². The van der Waals surface area contributed by atoms with Crippen LogP contribution in [0.15, 0.2) is 41.6 Å². The number of carbonyl (C=O) groups excluding carboxylic acids is 1. The van der Waals surface area contributed by atoms with Crippen LogP contribution in [-0.4, -0.2) is 51.5 Å². The van der Waals surface area contributed by atoms with E-state index in [1.807, 2.05) is 34.9 Å². The van der Waals surface area contributed by atoms with E-state index in [0.29, 0.717) is 13.1 Å². The number of benzene rings is 1. The fourth-order valence-electron chi connectivity index (χ4n) is 2.88. The Balaban J connectivity index is 1.36. The van der Waals surface area contributed by atoms with E-state index in [9.17, 15) is 4.79 Å². The van der Waals surface area contributed by atoms with E-state index in [0.717, 1.165) is 37.4 Å². The highest BCUT2D eigenvalue weighted by atomic mass is 32.2. The number of aromatic amines is 1. The van der Waals surface area contributed by atoms with Gasteiger partial charge in [-0.25, -0.2) is 9.78 Å². The van der Waals surface area contributed by atoms with Crippen molar-refractivity contribution in [1.82, 2.24) is 25.4 Å². The second-order valence-corrected chi connectivity index (χ2v) is 7.07. The van der Waals surface area contributed by atoms with E-state index in [1.165, 1.54) is 11.2 Å². The molecule has 2 aromatic rings. The molecule has 0 saturated carbocycles. The molecule has 1 saturated heterocycles. The van der Waals surface area contributed by atoms with Gasteiger partial charge in [0.05, 0.1) is 0 Å². The first-order valence-corrected chi connectivity index (χ1v) is 9.37. The summed E-state index contributed by atoms with van der Waals surface area (Å²) in [6.45, 7) is 2.23.